The molecule has 3 heteroatoms. The molecule has 0 aliphatic carbocycles. The van der Waals surface area contributed by atoms with Crippen LogP contribution in [0.4, 0.5) is 5.69 Å². The van der Waals surface area contributed by atoms with Gasteiger partial charge in [0.1, 0.15) is 0 Å². The highest BCUT2D eigenvalue weighted by Crippen LogP contribution is 2.27. The van der Waals surface area contributed by atoms with Gasteiger partial charge in [0.05, 0.1) is 0 Å². The molecule has 2 rings (SSSR count). The Kier molecular flexibility index (Phi) is 5.32. The zero-order chi connectivity index (χ0) is 13.7. The summed E-state index contributed by atoms with van der Waals surface area (Å²) in [5, 5.41) is 0. The summed E-state index contributed by atoms with van der Waals surface area (Å²) >= 11 is 4.28. The predicted molar refractivity (Wildman–Crippen MR) is 84.0 cm³/mol. The van der Waals surface area contributed by atoms with Gasteiger partial charge in [-0.1, -0.05) is 25.1 Å². The van der Waals surface area contributed by atoms with E-state index in [1.54, 1.807) is 0 Å². The molecule has 0 spiro atoms. The molecule has 1 unspecified atom stereocenters. The van der Waals surface area contributed by atoms with Gasteiger partial charge in [-0.05, 0) is 49.0 Å². The molecule has 1 aliphatic heterocycles. The SMILES string of the molecule is CC(CCS)CCN1C(=O)CCCc2ccccc21. The van der Waals surface area contributed by atoms with E-state index in [1.165, 1.54) is 5.56 Å². The van der Waals surface area contributed by atoms with Gasteiger partial charge in [0.2, 0.25) is 5.91 Å². The van der Waals surface area contributed by atoms with Crippen LogP contribution < -0.4 is 4.90 Å². The molecule has 1 heterocycles. The number of benzene rings is 1. The molecule has 1 aromatic rings. The van der Waals surface area contributed by atoms with E-state index in [9.17, 15) is 4.79 Å². The van der Waals surface area contributed by atoms with Gasteiger partial charge in [0.25, 0.3) is 0 Å². The Hall–Kier alpha value is -0.960. The van der Waals surface area contributed by atoms with E-state index in [2.05, 4.69) is 37.8 Å². The van der Waals surface area contributed by atoms with Gasteiger partial charge in [-0.2, -0.15) is 12.6 Å². The summed E-state index contributed by atoms with van der Waals surface area (Å²) in [6.45, 7) is 3.08. The molecule has 2 nitrogen and oxygen atoms in total. The Balaban J connectivity index is 2.10. The number of anilines is 1. The van der Waals surface area contributed by atoms with Crippen LogP contribution in [-0.4, -0.2) is 18.2 Å². The lowest BCUT2D eigenvalue weighted by molar-refractivity contribution is -0.118. The van der Waals surface area contributed by atoms with E-state index in [-0.39, 0.29) is 5.91 Å². The number of hydrogen-bond acceptors (Lipinski definition) is 2. The number of carbonyl (C=O) groups is 1. The highest BCUT2D eigenvalue weighted by molar-refractivity contribution is 7.80. The minimum atomic E-state index is 0.281. The van der Waals surface area contributed by atoms with Crippen molar-refractivity contribution in [2.24, 2.45) is 5.92 Å². The van der Waals surface area contributed by atoms with Crippen molar-refractivity contribution in [3.05, 3.63) is 29.8 Å². The third-order valence-corrected chi connectivity index (χ3v) is 4.15. The summed E-state index contributed by atoms with van der Waals surface area (Å²) in [4.78, 5) is 14.3. The molecular formula is C16H23NOS. The van der Waals surface area contributed by atoms with Crippen LogP contribution in [0.2, 0.25) is 0 Å². The predicted octanol–water partition coefficient (Wildman–Crippen LogP) is 3.70. The summed E-state index contributed by atoms with van der Waals surface area (Å²) < 4.78 is 0. The normalized spacial score (nSPS) is 16.9. The van der Waals surface area contributed by atoms with Crippen LogP contribution in [0.5, 0.6) is 0 Å². The molecule has 1 atom stereocenters. The molecule has 104 valence electrons. The van der Waals surface area contributed by atoms with Gasteiger partial charge < -0.3 is 4.90 Å². The monoisotopic (exact) mass is 277 g/mol. The maximum atomic E-state index is 12.3. The Morgan fingerprint density at radius 1 is 1.26 bits per heavy atom. The molecule has 0 saturated heterocycles. The van der Waals surface area contributed by atoms with Crippen molar-refractivity contribution < 1.29 is 4.79 Å². The maximum absolute atomic E-state index is 12.3. The second-order valence-corrected chi connectivity index (χ2v) is 5.88. The first-order valence-electron chi connectivity index (χ1n) is 7.21. The van der Waals surface area contributed by atoms with Gasteiger partial charge >= 0.3 is 0 Å². The molecule has 19 heavy (non-hydrogen) atoms. The molecule has 1 aromatic carbocycles. The van der Waals surface area contributed by atoms with Crippen molar-refractivity contribution in [2.45, 2.75) is 39.0 Å². The molecule has 1 aliphatic rings. The summed E-state index contributed by atoms with van der Waals surface area (Å²) in [7, 11) is 0. The standard InChI is InChI=1S/C16H23NOS/c1-13(10-12-19)9-11-17-15-7-3-2-5-14(15)6-4-8-16(17)18/h2-3,5,7,13,19H,4,6,8-12H2,1H3. The van der Waals surface area contributed by atoms with Gasteiger partial charge in [0.15, 0.2) is 0 Å². The van der Waals surface area contributed by atoms with Crippen LogP contribution in [0, 0.1) is 5.92 Å². The first kappa shape index (κ1) is 14.4. The quantitative estimate of drug-likeness (QED) is 0.814. The Bertz CT molecular complexity index is 433. The van der Waals surface area contributed by atoms with Crippen molar-refractivity contribution in [3.8, 4) is 0 Å². The number of carbonyl (C=O) groups excluding carboxylic acids is 1. The molecule has 0 fully saturated rings. The number of aryl methyl sites for hydroxylation is 1. The number of amides is 1. The second-order valence-electron chi connectivity index (χ2n) is 5.43. The molecule has 0 radical (unpaired) electrons. The van der Waals surface area contributed by atoms with E-state index >= 15 is 0 Å². The van der Waals surface area contributed by atoms with Crippen molar-refractivity contribution in [3.63, 3.8) is 0 Å². The van der Waals surface area contributed by atoms with Gasteiger partial charge in [-0.15, -0.1) is 0 Å². The van der Waals surface area contributed by atoms with Crippen LogP contribution >= 0.6 is 12.6 Å². The smallest absolute Gasteiger partial charge is 0.226 e. The fourth-order valence-corrected chi connectivity index (χ4v) is 3.09. The molecule has 1 amide bonds. The lowest BCUT2D eigenvalue weighted by Crippen LogP contribution is -2.32. The molecule has 0 aromatic heterocycles. The number of nitrogens with zero attached hydrogens (tertiary/aromatic N) is 1. The van der Waals surface area contributed by atoms with Crippen LogP contribution in [0.3, 0.4) is 0 Å². The van der Waals surface area contributed by atoms with E-state index in [1.807, 2.05) is 11.0 Å². The zero-order valence-corrected chi connectivity index (χ0v) is 12.5. The number of rotatable bonds is 5. The third kappa shape index (κ3) is 3.75. The topological polar surface area (TPSA) is 20.3 Å². The fraction of sp³-hybridized carbons (Fsp3) is 0.562. The number of fused-ring (bicyclic) bond motifs is 1. The van der Waals surface area contributed by atoms with Gasteiger partial charge in [-0.3, -0.25) is 4.79 Å². The average molecular weight is 277 g/mol. The minimum absolute atomic E-state index is 0.281. The highest BCUT2D eigenvalue weighted by Gasteiger charge is 2.21. The summed E-state index contributed by atoms with van der Waals surface area (Å²) in [6.07, 6.45) is 4.84. The molecular weight excluding hydrogens is 254 g/mol. The first-order chi connectivity index (χ1) is 9.22. The van der Waals surface area contributed by atoms with E-state index in [4.69, 9.17) is 0 Å². The molecule has 0 bridgehead atoms. The van der Waals surface area contributed by atoms with Crippen LogP contribution in [0.15, 0.2) is 24.3 Å². The number of para-hydroxylation sites is 1. The minimum Gasteiger partial charge on any atom is -0.312 e. The highest BCUT2D eigenvalue weighted by atomic mass is 32.1. The summed E-state index contributed by atoms with van der Waals surface area (Å²) in [5.41, 5.74) is 2.44. The number of thiol groups is 1. The van der Waals surface area contributed by atoms with Crippen LogP contribution in [0.25, 0.3) is 0 Å². The summed E-state index contributed by atoms with van der Waals surface area (Å²) in [5.74, 6) is 1.83. The Morgan fingerprint density at radius 3 is 2.84 bits per heavy atom. The molecule has 0 N–H and O–H groups in total. The van der Waals surface area contributed by atoms with E-state index in [0.717, 1.165) is 43.7 Å². The van der Waals surface area contributed by atoms with Gasteiger partial charge in [0, 0.05) is 18.7 Å². The lowest BCUT2D eigenvalue weighted by atomic mass is 10.0. The van der Waals surface area contributed by atoms with Crippen molar-refractivity contribution in [1.82, 2.24) is 0 Å². The van der Waals surface area contributed by atoms with Crippen LogP contribution in [0.1, 0.15) is 38.2 Å². The zero-order valence-electron chi connectivity index (χ0n) is 11.6. The van der Waals surface area contributed by atoms with E-state index in [0.29, 0.717) is 12.3 Å². The second kappa shape index (κ2) is 6.99. The lowest BCUT2D eigenvalue weighted by Gasteiger charge is -2.24. The van der Waals surface area contributed by atoms with Crippen molar-refractivity contribution in [2.75, 3.05) is 17.2 Å². The number of hydrogen-bond donors (Lipinski definition) is 1. The van der Waals surface area contributed by atoms with Crippen LogP contribution in [-0.2, 0) is 11.2 Å². The maximum Gasteiger partial charge on any atom is 0.226 e. The average Bonchev–Trinajstić information content (AvgIpc) is 2.55. The van der Waals surface area contributed by atoms with Crippen molar-refractivity contribution >= 4 is 24.2 Å². The largest absolute Gasteiger partial charge is 0.312 e. The Labute approximate surface area is 121 Å². The summed E-state index contributed by atoms with van der Waals surface area (Å²) in [6, 6.07) is 8.33. The Morgan fingerprint density at radius 2 is 2.05 bits per heavy atom. The van der Waals surface area contributed by atoms with E-state index < -0.39 is 0 Å². The first-order valence-corrected chi connectivity index (χ1v) is 7.84. The van der Waals surface area contributed by atoms with Gasteiger partial charge in [-0.25, -0.2) is 0 Å². The van der Waals surface area contributed by atoms with Crippen molar-refractivity contribution in [1.29, 1.82) is 0 Å². The third-order valence-electron chi connectivity index (χ3n) is 3.89. The molecule has 0 saturated carbocycles. The fourth-order valence-electron chi connectivity index (χ4n) is 2.64.